The van der Waals surface area contributed by atoms with Gasteiger partial charge in [-0.1, -0.05) is 13.8 Å². The largest absolute Gasteiger partial charge is 0.465 e. The second kappa shape index (κ2) is 8.22. The van der Waals surface area contributed by atoms with Gasteiger partial charge in [0.1, 0.15) is 17.1 Å². The zero-order chi connectivity index (χ0) is 16.8. The van der Waals surface area contributed by atoms with Crippen molar-refractivity contribution in [3.63, 3.8) is 0 Å². The van der Waals surface area contributed by atoms with Gasteiger partial charge in [-0.15, -0.1) is 0 Å². The van der Waals surface area contributed by atoms with Gasteiger partial charge < -0.3 is 19.4 Å². The van der Waals surface area contributed by atoms with Crippen LogP contribution in [0.4, 0.5) is 4.79 Å². The number of carbonyl (C=O) groups excluding carboxylic acids is 1. The van der Waals surface area contributed by atoms with E-state index in [1.54, 1.807) is 11.9 Å². The Labute approximate surface area is 134 Å². The van der Waals surface area contributed by atoms with E-state index in [-0.39, 0.29) is 6.09 Å². The van der Waals surface area contributed by atoms with Crippen LogP contribution in [0.1, 0.15) is 46.1 Å². The minimum atomic E-state index is -0.455. The molecular weight excluding hydrogens is 280 g/mol. The average Bonchev–Trinajstić information content (AvgIpc) is 2.84. The van der Waals surface area contributed by atoms with E-state index in [4.69, 9.17) is 9.15 Å². The summed E-state index contributed by atoms with van der Waals surface area (Å²) in [6, 6.07) is 4.01. The molecule has 1 N–H and O–H groups in total. The minimum absolute atomic E-state index is 0.280. The number of carbonyl (C=O) groups is 1. The van der Waals surface area contributed by atoms with Crippen molar-refractivity contribution in [2.24, 2.45) is 5.92 Å². The van der Waals surface area contributed by atoms with Gasteiger partial charge in [-0.25, -0.2) is 4.79 Å². The van der Waals surface area contributed by atoms with E-state index in [2.05, 4.69) is 19.2 Å². The highest BCUT2D eigenvalue weighted by Gasteiger charge is 2.20. The highest BCUT2D eigenvalue weighted by molar-refractivity contribution is 5.67. The van der Waals surface area contributed by atoms with Crippen LogP contribution in [0.15, 0.2) is 16.5 Å². The third-order valence-corrected chi connectivity index (χ3v) is 3.15. The quantitative estimate of drug-likeness (QED) is 0.838. The van der Waals surface area contributed by atoms with Gasteiger partial charge in [-0.3, -0.25) is 0 Å². The molecular formula is C17H30N2O3. The Morgan fingerprint density at radius 1 is 1.36 bits per heavy atom. The lowest BCUT2D eigenvalue weighted by molar-refractivity contribution is 0.0276. The second-order valence-corrected chi connectivity index (χ2v) is 6.82. The zero-order valence-electron chi connectivity index (χ0n) is 14.7. The standard InChI is InChI=1S/C17H30N2O3/c1-7-14-8-9-15(21-14)11-18-10-13(2)12-19(6)16(20)22-17(3,4)5/h8-9,13,18H,7,10-12H2,1-6H3. The molecule has 1 heterocycles. The zero-order valence-corrected chi connectivity index (χ0v) is 14.7. The van der Waals surface area contributed by atoms with Crippen LogP contribution in [0.3, 0.4) is 0 Å². The number of ether oxygens (including phenoxy) is 1. The monoisotopic (exact) mass is 310 g/mol. The van der Waals surface area contributed by atoms with Gasteiger partial charge in [0.05, 0.1) is 6.54 Å². The molecule has 1 unspecified atom stereocenters. The molecule has 0 saturated carbocycles. The van der Waals surface area contributed by atoms with Crippen molar-refractivity contribution in [2.75, 3.05) is 20.1 Å². The fourth-order valence-electron chi connectivity index (χ4n) is 2.10. The predicted octanol–water partition coefficient (Wildman–Crippen LogP) is 3.43. The van der Waals surface area contributed by atoms with Gasteiger partial charge in [-0.05, 0) is 45.4 Å². The number of hydrogen-bond acceptors (Lipinski definition) is 4. The Morgan fingerprint density at radius 3 is 2.55 bits per heavy atom. The smallest absolute Gasteiger partial charge is 0.410 e. The van der Waals surface area contributed by atoms with Gasteiger partial charge in [0.15, 0.2) is 0 Å². The lowest BCUT2D eigenvalue weighted by Crippen LogP contribution is -2.38. The number of rotatable bonds is 7. The summed E-state index contributed by atoms with van der Waals surface area (Å²) >= 11 is 0. The first-order valence-corrected chi connectivity index (χ1v) is 7.93. The number of aryl methyl sites for hydroxylation is 1. The molecule has 0 aliphatic rings. The Hall–Kier alpha value is -1.49. The molecule has 1 aromatic heterocycles. The van der Waals surface area contributed by atoms with Crippen molar-refractivity contribution >= 4 is 6.09 Å². The first-order valence-electron chi connectivity index (χ1n) is 7.93. The van der Waals surface area contributed by atoms with E-state index >= 15 is 0 Å². The maximum absolute atomic E-state index is 11.9. The summed E-state index contributed by atoms with van der Waals surface area (Å²) in [5.41, 5.74) is -0.455. The average molecular weight is 310 g/mol. The van der Waals surface area contributed by atoms with Crippen LogP contribution < -0.4 is 5.32 Å². The first-order chi connectivity index (χ1) is 10.2. The van der Waals surface area contributed by atoms with E-state index < -0.39 is 5.60 Å². The van der Waals surface area contributed by atoms with Gasteiger partial charge in [0, 0.05) is 20.0 Å². The van der Waals surface area contributed by atoms with E-state index in [1.165, 1.54) is 0 Å². The van der Waals surface area contributed by atoms with Crippen LogP contribution in [0.5, 0.6) is 0 Å². The van der Waals surface area contributed by atoms with Gasteiger partial charge in [0.2, 0.25) is 0 Å². The SMILES string of the molecule is CCc1ccc(CNCC(C)CN(C)C(=O)OC(C)(C)C)o1. The Balaban J connectivity index is 2.27. The van der Waals surface area contributed by atoms with Crippen LogP contribution >= 0.6 is 0 Å². The van der Waals surface area contributed by atoms with E-state index in [0.717, 1.165) is 24.5 Å². The van der Waals surface area contributed by atoms with Crippen LogP contribution in [0, 0.1) is 5.92 Å². The highest BCUT2D eigenvalue weighted by Crippen LogP contribution is 2.11. The molecule has 0 aliphatic heterocycles. The molecule has 0 radical (unpaired) electrons. The molecule has 0 saturated heterocycles. The van der Waals surface area contributed by atoms with Crippen LogP contribution in [0.2, 0.25) is 0 Å². The summed E-state index contributed by atoms with van der Waals surface area (Å²) in [6.45, 7) is 12.0. The third kappa shape index (κ3) is 6.98. The Kier molecular flexibility index (Phi) is 6.94. The summed E-state index contributed by atoms with van der Waals surface area (Å²) in [4.78, 5) is 13.5. The molecule has 126 valence electrons. The van der Waals surface area contributed by atoms with Crippen molar-refractivity contribution in [2.45, 2.75) is 53.2 Å². The molecule has 1 atom stereocenters. The molecule has 1 rings (SSSR count). The first kappa shape index (κ1) is 18.6. The fraction of sp³-hybridized carbons (Fsp3) is 0.706. The number of hydrogen-bond donors (Lipinski definition) is 1. The highest BCUT2D eigenvalue weighted by atomic mass is 16.6. The third-order valence-electron chi connectivity index (χ3n) is 3.15. The number of nitrogens with one attached hydrogen (secondary N) is 1. The van der Waals surface area contributed by atoms with Gasteiger partial charge >= 0.3 is 6.09 Å². The Morgan fingerprint density at radius 2 is 2.00 bits per heavy atom. The minimum Gasteiger partial charge on any atom is -0.465 e. The molecule has 0 aromatic carbocycles. The fourth-order valence-corrected chi connectivity index (χ4v) is 2.10. The summed E-state index contributed by atoms with van der Waals surface area (Å²) in [5.74, 6) is 2.29. The molecule has 1 aromatic rings. The van der Waals surface area contributed by atoms with Crippen molar-refractivity contribution in [3.05, 3.63) is 23.7 Å². The maximum Gasteiger partial charge on any atom is 0.410 e. The van der Waals surface area contributed by atoms with E-state index in [9.17, 15) is 4.79 Å². The van der Waals surface area contributed by atoms with E-state index in [1.807, 2.05) is 32.9 Å². The van der Waals surface area contributed by atoms with Gasteiger partial charge in [0.25, 0.3) is 0 Å². The van der Waals surface area contributed by atoms with E-state index in [0.29, 0.717) is 19.0 Å². The molecule has 22 heavy (non-hydrogen) atoms. The van der Waals surface area contributed by atoms with Crippen LogP contribution in [-0.2, 0) is 17.7 Å². The van der Waals surface area contributed by atoms with Crippen LogP contribution in [-0.4, -0.2) is 36.7 Å². The summed E-state index contributed by atoms with van der Waals surface area (Å²) in [5, 5.41) is 3.36. The summed E-state index contributed by atoms with van der Waals surface area (Å²) < 4.78 is 11.0. The molecule has 0 fully saturated rings. The lowest BCUT2D eigenvalue weighted by atomic mass is 10.1. The number of furan rings is 1. The normalized spacial score (nSPS) is 13.0. The molecule has 0 bridgehead atoms. The molecule has 0 spiro atoms. The van der Waals surface area contributed by atoms with Crippen molar-refractivity contribution in [1.29, 1.82) is 0 Å². The summed E-state index contributed by atoms with van der Waals surface area (Å²) in [6.07, 6.45) is 0.634. The molecule has 1 amide bonds. The lowest BCUT2D eigenvalue weighted by Gasteiger charge is -2.26. The second-order valence-electron chi connectivity index (χ2n) is 6.82. The van der Waals surface area contributed by atoms with Crippen molar-refractivity contribution in [1.82, 2.24) is 10.2 Å². The topological polar surface area (TPSA) is 54.7 Å². The number of amides is 1. The predicted molar refractivity (Wildman–Crippen MR) is 87.8 cm³/mol. The van der Waals surface area contributed by atoms with Crippen LogP contribution in [0.25, 0.3) is 0 Å². The maximum atomic E-state index is 11.9. The number of nitrogens with zero attached hydrogens (tertiary/aromatic N) is 1. The van der Waals surface area contributed by atoms with Gasteiger partial charge in [-0.2, -0.15) is 0 Å². The molecule has 5 nitrogen and oxygen atoms in total. The van der Waals surface area contributed by atoms with Crippen molar-refractivity contribution in [3.8, 4) is 0 Å². The Bertz CT molecular complexity index is 463. The summed E-state index contributed by atoms with van der Waals surface area (Å²) in [7, 11) is 1.77. The molecule has 0 aliphatic carbocycles. The molecule has 5 heteroatoms. The van der Waals surface area contributed by atoms with Crippen molar-refractivity contribution < 1.29 is 13.9 Å².